The van der Waals surface area contributed by atoms with E-state index in [1.165, 1.54) is 44.2 Å². The van der Waals surface area contributed by atoms with Gasteiger partial charge in [0.2, 0.25) is 23.6 Å². The van der Waals surface area contributed by atoms with E-state index in [2.05, 4.69) is 15.9 Å². The zero-order chi connectivity index (χ0) is 47.0. The van der Waals surface area contributed by atoms with Crippen molar-refractivity contribution in [1.82, 2.24) is 9.80 Å². The third-order valence-corrected chi connectivity index (χ3v) is 10.5. The summed E-state index contributed by atoms with van der Waals surface area (Å²) in [4.78, 5) is 75.1. The standard InChI is InChI=1S/C24H35NO6.C16H19NO5.C8H17BrO/c1-24(2,3)31-23(29)25-21(27)15-14-20(22(25)28)18-10-12-19(13-11-18)30-17-9-7-5-4-6-8-16-26;1-16(2,3)22-15(21)17-13(19)9-8-12(14(17)20)10-4-6-11(18)7-5-10;9-7-5-3-1-2-4-6-8-10/h10-13,20,26H,4-9,14-17H2,1-3H3;4-7,12,18H,8-9H2,1-3H3;10H,1-8H2. The molecule has 2 aromatic rings. The smallest absolute Gasteiger partial charge is 0.424 e. The summed E-state index contributed by atoms with van der Waals surface area (Å²) in [6.07, 6.45) is 12.7. The first-order valence-electron chi connectivity index (χ1n) is 22.3. The summed E-state index contributed by atoms with van der Waals surface area (Å²) in [6.45, 7) is 11.3. The molecule has 15 heteroatoms. The van der Waals surface area contributed by atoms with Crippen molar-refractivity contribution in [2.24, 2.45) is 0 Å². The molecule has 6 amide bonds. The minimum atomic E-state index is -0.939. The molecule has 2 saturated heterocycles. The number of imide groups is 6. The molecular weight excluding hydrogens is 876 g/mol. The number of benzene rings is 2. The van der Waals surface area contributed by atoms with Crippen LogP contribution in [0.3, 0.4) is 0 Å². The first kappa shape index (κ1) is 54.8. The molecule has 14 nitrogen and oxygen atoms in total. The second kappa shape index (κ2) is 28.5. The fourth-order valence-corrected chi connectivity index (χ4v) is 7.10. The van der Waals surface area contributed by atoms with Gasteiger partial charge >= 0.3 is 12.2 Å². The highest BCUT2D eigenvalue weighted by Crippen LogP contribution is 2.32. The average molecular weight is 948 g/mol. The third-order valence-electron chi connectivity index (χ3n) is 9.92. The summed E-state index contributed by atoms with van der Waals surface area (Å²) < 4.78 is 16.1. The summed E-state index contributed by atoms with van der Waals surface area (Å²) in [5, 5.41) is 27.7. The number of hydrogen-bond donors (Lipinski definition) is 3. The van der Waals surface area contributed by atoms with Crippen molar-refractivity contribution in [3.8, 4) is 11.5 Å². The molecule has 2 aliphatic heterocycles. The molecule has 2 atom stereocenters. The minimum Gasteiger partial charge on any atom is -0.508 e. The van der Waals surface area contributed by atoms with Crippen molar-refractivity contribution >= 4 is 51.7 Å². The Balaban J connectivity index is 0.000000369. The Labute approximate surface area is 382 Å². The normalized spacial score (nSPS) is 16.7. The van der Waals surface area contributed by atoms with Crippen LogP contribution in [-0.4, -0.2) is 97.3 Å². The topological polar surface area (TPSA) is 197 Å². The number of halogens is 1. The number of piperidine rings is 2. The number of aromatic hydroxyl groups is 1. The largest absolute Gasteiger partial charge is 0.508 e. The number of hydrogen-bond acceptors (Lipinski definition) is 12. The lowest BCUT2D eigenvalue weighted by molar-refractivity contribution is -0.149. The summed E-state index contributed by atoms with van der Waals surface area (Å²) in [5.41, 5.74) is -0.169. The molecule has 0 spiro atoms. The average Bonchev–Trinajstić information content (AvgIpc) is 3.20. The number of alkyl halides is 1. The van der Waals surface area contributed by atoms with Gasteiger partial charge in [-0.15, -0.1) is 0 Å². The Kier molecular flexibility index (Phi) is 24.7. The molecule has 3 N–H and O–H groups in total. The fourth-order valence-electron chi connectivity index (χ4n) is 6.71. The number of aliphatic hydroxyl groups is 2. The van der Waals surface area contributed by atoms with E-state index < -0.39 is 58.9 Å². The maximum absolute atomic E-state index is 12.8. The van der Waals surface area contributed by atoms with Gasteiger partial charge in [-0.2, -0.15) is 9.80 Å². The predicted molar refractivity (Wildman–Crippen MR) is 244 cm³/mol. The van der Waals surface area contributed by atoms with Gasteiger partial charge in [-0.1, -0.05) is 91.6 Å². The number of carbonyl (C=O) groups excluding carboxylic acids is 6. The van der Waals surface area contributed by atoms with Crippen LogP contribution in [0.1, 0.15) is 167 Å². The lowest BCUT2D eigenvalue weighted by atomic mass is 9.89. The summed E-state index contributed by atoms with van der Waals surface area (Å²) in [6, 6.07) is 13.4. The van der Waals surface area contributed by atoms with Gasteiger partial charge in [0, 0.05) is 31.4 Å². The first-order valence-corrected chi connectivity index (χ1v) is 23.4. The van der Waals surface area contributed by atoms with Crippen molar-refractivity contribution in [3.05, 3.63) is 59.7 Å². The van der Waals surface area contributed by atoms with Gasteiger partial charge in [0.25, 0.3) is 0 Å². The lowest BCUT2D eigenvalue weighted by Crippen LogP contribution is -2.49. The zero-order valence-corrected chi connectivity index (χ0v) is 39.8. The summed E-state index contributed by atoms with van der Waals surface area (Å²) in [7, 11) is 0. The van der Waals surface area contributed by atoms with E-state index >= 15 is 0 Å². The van der Waals surface area contributed by atoms with Crippen molar-refractivity contribution < 1.29 is 58.3 Å². The Morgan fingerprint density at radius 1 is 0.587 bits per heavy atom. The maximum atomic E-state index is 12.8. The highest BCUT2D eigenvalue weighted by Gasteiger charge is 2.42. The number of nitrogens with zero attached hydrogens (tertiary/aromatic N) is 2. The maximum Gasteiger partial charge on any atom is 0.424 e. The molecule has 2 aromatic carbocycles. The number of aliphatic hydroxyl groups excluding tert-OH is 2. The number of ether oxygens (including phenoxy) is 3. The highest BCUT2D eigenvalue weighted by atomic mass is 79.9. The van der Waals surface area contributed by atoms with Gasteiger partial charge in [-0.05, 0) is 115 Å². The van der Waals surface area contributed by atoms with E-state index in [4.69, 9.17) is 24.4 Å². The molecule has 0 bridgehead atoms. The number of rotatable bonds is 18. The Bertz CT molecular complexity index is 1710. The molecule has 0 aromatic heterocycles. The molecule has 352 valence electrons. The number of unbranched alkanes of at least 4 members (excludes halogenated alkanes) is 10. The van der Waals surface area contributed by atoms with Crippen molar-refractivity contribution in [2.45, 2.75) is 167 Å². The monoisotopic (exact) mass is 946 g/mol. The van der Waals surface area contributed by atoms with Gasteiger partial charge in [-0.25, -0.2) is 9.59 Å². The summed E-state index contributed by atoms with van der Waals surface area (Å²) in [5.74, 6) is -2.53. The number of amides is 6. The summed E-state index contributed by atoms with van der Waals surface area (Å²) >= 11 is 3.39. The van der Waals surface area contributed by atoms with Crippen molar-refractivity contribution in [1.29, 1.82) is 0 Å². The molecule has 2 unspecified atom stereocenters. The Morgan fingerprint density at radius 3 is 1.33 bits per heavy atom. The van der Waals surface area contributed by atoms with E-state index in [0.717, 1.165) is 61.6 Å². The number of carbonyl (C=O) groups is 6. The molecule has 0 radical (unpaired) electrons. The van der Waals surface area contributed by atoms with Crippen LogP contribution in [0.2, 0.25) is 0 Å². The quantitative estimate of drug-likeness (QED) is 0.0728. The fraction of sp³-hybridized carbons (Fsp3) is 0.625. The van der Waals surface area contributed by atoms with Gasteiger partial charge in [0.15, 0.2) is 0 Å². The molecule has 63 heavy (non-hydrogen) atoms. The van der Waals surface area contributed by atoms with E-state index in [0.29, 0.717) is 41.4 Å². The van der Waals surface area contributed by atoms with Gasteiger partial charge in [-0.3, -0.25) is 19.2 Å². The van der Waals surface area contributed by atoms with Crippen LogP contribution in [0.25, 0.3) is 0 Å². The van der Waals surface area contributed by atoms with Crippen LogP contribution in [-0.2, 0) is 28.7 Å². The zero-order valence-electron chi connectivity index (χ0n) is 38.2. The molecule has 0 aliphatic carbocycles. The second-order valence-electron chi connectivity index (χ2n) is 17.7. The third kappa shape index (κ3) is 20.8. The van der Waals surface area contributed by atoms with E-state index in [1.807, 2.05) is 24.3 Å². The van der Waals surface area contributed by atoms with Crippen molar-refractivity contribution in [3.63, 3.8) is 0 Å². The molecule has 2 fully saturated rings. The SMILES string of the molecule is CC(C)(C)OC(=O)N1C(=O)CCC(c2ccc(O)cc2)C1=O.CC(C)(C)OC(=O)N1C(=O)CCC(c2ccc(OCCCCCCCCO)cc2)C1=O.OCCCCCCCCBr. The number of phenols is 1. The lowest BCUT2D eigenvalue weighted by Gasteiger charge is -2.31. The van der Waals surface area contributed by atoms with Crippen molar-refractivity contribution in [2.75, 3.05) is 25.2 Å². The highest BCUT2D eigenvalue weighted by molar-refractivity contribution is 9.09. The van der Waals surface area contributed by atoms with Crippen LogP contribution in [0, 0.1) is 0 Å². The molecule has 0 saturated carbocycles. The Hall–Kier alpha value is -4.34. The second-order valence-corrected chi connectivity index (χ2v) is 18.5. The molecule has 2 heterocycles. The van der Waals surface area contributed by atoms with E-state index in [1.54, 1.807) is 53.7 Å². The van der Waals surface area contributed by atoms with Gasteiger partial charge < -0.3 is 29.5 Å². The van der Waals surface area contributed by atoms with E-state index in [9.17, 15) is 33.9 Å². The van der Waals surface area contributed by atoms with Crippen LogP contribution in [0.15, 0.2) is 48.5 Å². The number of phenolic OH excluding ortho intramolecular Hbond substituents is 1. The van der Waals surface area contributed by atoms with Crippen LogP contribution < -0.4 is 4.74 Å². The van der Waals surface area contributed by atoms with Crippen LogP contribution in [0.5, 0.6) is 11.5 Å². The first-order chi connectivity index (χ1) is 29.8. The van der Waals surface area contributed by atoms with Crippen LogP contribution >= 0.6 is 15.9 Å². The van der Waals surface area contributed by atoms with Gasteiger partial charge in [0.05, 0.1) is 18.4 Å². The molecule has 2 aliphatic rings. The van der Waals surface area contributed by atoms with Crippen LogP contribution in [0.4, 0.5) is 9.59 Å². The Morgan fingerprint density at radius 2 is 0.952 bits per heavy atom. The molecular formula is C48H71BrN2O12. The van der Waals surface area contributed by atoms with E-state index in [-0.39, 0.29) is 25.2 Å². The van der Waals surface area contributed by atoms with Gasteiger partial charge in [0.1, 0.15) is 22.7 Å². The predicted octanol–water partition coefficient (Wildman–Crippen LogP) is 9.84. The number of likely N-dealkylation sites (tertiary alicyclic amines) is 2. The molecule has 4 rings (SSSR count). The minimum absolute atomic E-state index is 0.0899.